The monoisotopic (exact) mass is 434 g/mol. The Labute approximate surface area is 172 Å². The summed E-state index contributed by atoms with van der Waals surface area (Å²) < 4.78 is 26.0. The molecule has 3 aromatic rings. The van der Waals surface area contributed by atoms with Crippen LogP contribution >= 0.6 is 11.3 Å². The summed E-state index contributed by atoms with van der Waals surface area (Å²) in [7, 11) is -2.19. The molecule has 2 heterocycles. The van der Waals surface area contributed by atoms with Crippen LogP contribution < -0.4 is 15.6 Å². The Morgan fingerprint density at radius 3 is 2.76 bits per heavy atom. The summed E-state index contributed by atoms with van der Waals surface area (Å²) in [4.78, 5) is 33.5. The number of thiophene rings is 1. The number of sulfonamides is 1. The quantitative estimate of drug-likeness (QED) is 0.523. The average Bonchev–Trinajstić information content (AvgIpc) is 2.99. The maximum Gasteiger partial charge on any atom is 0.259 e. The van der Waals surface area contributed by atoms with E-state index in [2.05, 4.69) is 20.0 Å². The first kappa shape index (κ1) is 21.2. The van der Waals surface area contributed by atoms with Crippen LogP contribution in [0.4, 0.5) is 0 Å². The van der Waals surface area contributed by atoms with Crippen LogP contribution in [0.3, 0.4) is 0 Å². The molecule has 0 saturated heterocycles. The van der Waals surface area contributed by atoms with Gasteiger partial charge in [0, 0.05) is 24.3 Å². The summed E-state index contributed by atoms with van der Waals surface area (Å²) in [5.74, 6) is 0.258. The van der Waals surface area contributed by atoms with Gasteiger partial charge < -0.3 is 10.3 Å². The molecule has 0 spiro atoms. The summed E-state index contributed by atoms with van der Waals surface area (Å²) in [5.41, 5.74) is 1.42. The summed E-state index contributed by atoms with van der Waals surface area (Å²) >= 11 is 1.47. The molecular formula is C19H22N4O4S2. The minimum Gasteiger partial charge on any atom is -0.352 e. The van der Waals surface area contributed by atoms with Gasteiger partial charge in [-0.3, -0.25) is 9.59 Å². The normalized spacial score (nSPS) is 11.7. The molecule has 8 nitrogen and oxygen atoms in total. The zero-order valence-electron chi connectivity index (χ0n) is 16.3. The Morgan fingerprint density at radius 2 is 2.03 bits per heavy atom. The van der Waals surface area contributed by atoms with E-state index >= 15 is 0 Å². The zero-order valence-corrected chi connectivity index (χ0v) is 18.0. The molecule has 0 saturated carbocycles. The van der Waals surface area contributed by atoms with Crippen molar-refractivity contribution in [3.63, 3.8) is 0 Å². The lowest BCUT2D eigenvalue weighted by Crippen LogP contribution is -2.24. The number of H-pyrrole nitrogens is 1. The smallest absolute Gasteiger partial charge is 0.259 e. The highest BCUT2D eigenvalue weighted by atomic mass is 32.2. The number of benzene rings is 1. The van der Waals surface area contributed by atoms with Gasteiger partial charge in [-0.25, -0.2) is 18.1 Å². The average molecular weight is 435 g/mol. The van der Waals surface area contributed by atoms with Crippen molar-refractivity contribution in [3.05, 3.63) is 56.4 Å². The minimum atomic E-state index is -3.53. The third kappa shape index (κ3) is 4.72. The largest absolute Gasteiger partial charge is 0.352 e. The number of carbonyl (C=O) groups is 1. The number of amides is 1. The van der Waals surface area contributed by atoms with Gasteiger partial charge in [0.05, 0.1) is 10.3 Å². The number of carbonyl (C=O) groups excluding carboxylic acids is 1. The Balaban J connectivity index is 1.62. The van der Waals surface area contributed by atoms with Crippen LogP contribution in [-0.2, 0) is 27.8 Å². The number of rotatable bonds is 7. The van der Waals surface area contributed by atoms with Crippen molar-refractivity contribution in [2.45, 2.75) is 38.1 Å². The van der Waals surface area contributed by atoms with Crippen molar-refractivity contribution in [1.29, 1.82) is 0 Å². The van der Waals surface area contributed by atoms with E-state index in [9.17, 15) is 18.0 Å². The highest BCUT2D eigenvalue weighted by Crippen LogP contribution is 2.25. The summed E-state index contributed by atoms with van der Waals surface area (Å²) in [6.07, 6.45) is 0.466. The number of nitrogens with one attached hydrogen (secondary N) is 3. The van der Waals surface area contributed by atoms with Crippen molar-refractivity contribution in [2.75, 3.05) is 7.05 Å². The maximum atomic E-state index is 12.3. The van der Waals surface area contributed by atoms with Gasteiger partial charge >= 0.3 is 0 Å². The molecule has 0 aliphatic rings. The third-order valence-corrected chi connectivity index (χ3v) is 7.16. The van der Waals surface area contributed by atoms with Gasteiger partial charge in [0.15, 0.2) is 0 Å². The number of fused-ring (bicyclic) bond motifs is 1. The van der Waals surface area contributed by atoms with E-state index in [4.69, 9.17) is 0 Å². The van der Waals surface area contributed by atoms with Gasteiger partial charge in [-0.2, -0.15) is 0 Å². The summed E-state index contributed by atoms with van der Waals surface area (Å²) in [5, 5.41) is 3.37. The highest BCUT2D eigenvalue weighted by Gasteiger charge is 2.14. The Hall–Kier alpha value is -2.56. The first-order valence-electron chi connectivity index (χ1n) is 8.99. The molecular weight excluding hydrogens is 412 g/mol. The van der Waals surface area contributed by atoms with E-state index in [1.165, 1.54) is 30.5 Å². The first-order chi connectivity index (χ1) is 13.7. The van der Waals surface area contributed by atoms with Crippen molar-refractivity contribution >= 4 is 37.5 Å². The van der Waals surface area contributed by atoms with E-state index in [0.29, 0.717) is 28.0 Å². The molecule has 154 valence electrons. The van der Waals surface area contributed by atoms with Gasteiger partial charge in [-0.1, -0.05) is 12.1 Å². The fraction of sp³-hybridized carbons (Fsp3) is 0.316. The van der Waals surface area contributed by atoms with E-state index in [1.807, 2.05) is 13.8 Å². The number of aromatic amines is 1. The lowest BCUT2D eigenvalue weighted by Gasteiger charge is -2.08. The molecule has 0 bridgehead atoms. The molecule has 10 heteroatoms. The van der Waals surface area contributed by atoms with Crippen LogP contribution in [0.15, 0.2) is 34.0 Å². The molecule has 1 amide bonds. The van der Waals surface area contributed by atoms with Crippen LogP contribution in [0.5, 0.6) is 0 Å². The Kier molecular flexibility index (Phi) is 6.15. The minimum absolute atomic E-state index is 0.142. The van der Waals surface area contributed by atoms with Crippen LogP contribution in [0, 0.1) is 13.8 Å². The standard InChI is InChI=1S/C19H22N4O4S2/c1-11-12(2)28-19-17(11)18(25)22-15(23-19)7-8-16(24)21-10-13-5-4-6-14(9-13)29(26,27)20-3/h4-6,9,20H,7-8,10H2,1-3H3,(H,21,24)(H,22,23,25). The SMILES string of the molecule is CNS(=O)(=O)c1cccc(CNC(=O)CCc2nc3sc(C)c(C)c3c(=O)[nH]2)c1. The molecule has 3 N–H and O–H groups in total. The van der Waals surface area contributed by atoms with E-state index in [-0.39, 0.29) is 29.3 Å². The van der Waals surface area contributed by atoms with Crippen LogP contribution in [0.25, 0.3) is 10.2 Å². The molecule has 0 aliphatic carbocycles. The van der Waals surface area contributed by atoms with Crippen LogP contribution in [0.2, 0.25) is 0 Å². The Morgan fingerprint density at radius 1 is 1.28 bits per heavy atom. The highest BCUT2D eigenvalue weighted by molar-refractivity contribution is 7.89. The van der Waals surface area contributed by atoms with Crippen molar-refractivity contribution in [2.24, 2.45) is 0 Å². The molecule has 0 aliphatic heterocycles. The second kappa shape index (κ2) is 8.44. The van der Waals surface area contributed by atoms with Gasteiger partial charge in [0.25, 0.3) is 5.56 Å². The number of aryl methyl sites for hydroxylation is 3. The topological polar surface area (TPSA) is 121 Å². The molecule has 1 aromatic carbocycles. The van der Waals surface area contributed by atoms with Crippen molar-refractivity contribution in [1.82, 2.24) is 20.0 Å². The van der Waals surface area contributed by atoms with Gasteiger partial charge in [0.2, 0.25) is 15.9 Å². The number of nitrogens with zero attached hydrogens (tertiary/aromatic N) is 1. The number of aromatic nitrogens is 2. The molecule has 2 aromatic heterocycles. The van der Waals surface area contributed by atoms with E-state index in [1.54, 1.807) is 12.1 Å². The second-order valence-electron chi connectivity index (χ2n) is 6.61. The summed E-state index contributed by atoms with van der Waals surface area (Å²) in [6, 6.07) is 6.37. The van der Waals surface area contributed by atoms with Crippen molar-refractivity contribution in [3.8, 4) is 0 Å². The predicted octanol–water partition coefficient (Wildman–Crippen LogP) is 1.76. The lowest BCUT2D eigenvalue weighted by atomic mass is 10.2. The number of hydrogen-bond acceptors (Lipinski definition) is 6. The molecule has 0 unspecified atom stereocenters. The van der Waals surface area contributed by atoms with Crippen LogP contribution in [-0.4, -0.2) is 31.3 Å². The van der Waals surface area contributed by atoms with Crippen molar-refractivity contribution < 1.29 is 13.2 Å². The fourth-order valence-electron chi connectivity index (χ4n) is 2.88. The van der Waals surface area contributed by atoms with Gasteiger partial charge in [-0.15, -0.1) is 11.3 Å². The Bertz CT molecular complexity index is 1230. The molecule has 0 atom stereocenters. The fourth-order valence-corrected chi connectivity index (χ4v) is 4.73. The van der Waals surface area contributed by atoms with Crippen LogP contribution in [0.1, 0.15) is 28.2 Å². The van der Waals surface area contributed by atoms with Gasteiger partial charge in [-0.05, 0) is 44.2 Å². The maximum absolute atomic E-state index is 12.3. The second-order valence-corrected chi connectivity index (χ2v) is 9.70. The third-order valence-electron chi connectivity index (χ3n) is 4.64. The first-order valence-corrected chi connectivity index (χ1v) is 11.3. The molecule has 0 radical (unpaired) electrons. The van der Waals surface area contributed by atoms with E-state index < -0.39 is 10.0 Å². The zero-order chi connectivity index (χ0) is 21.2. The van der Waals surface area contributed by atoms with E-state index in [0.717, 1.165) is 10.4 Å². The molecule has 3 rings (SSSR count). The molecule has 29 heavy (non-hydrogen) atoms. The number of hydrogen-bond donors (Lipinski definition) is 3. The lowest BCUT2D eigenvalue weighted by molar-refractivity contribution is -0.121. The summed E-state index contributed by atoms with van der Waals surface area (Å²) in [6.45, 7) is 4.05. The molecule has 0 fully saturated rings. The predicted molar refractivity (Wildman–Crippen MR) is 113 cm³/mol. The van der Waals surface area contributed by atoms with Gasteiger partial charge in [0.1, 0.15) is 10.7 Å².